The summed E-state index contributed by atoms with van der Waals surface area (Å²) < 4.78 is 11.9. The Morgan fingerprint density at radius 3 is 2.55 bits per heavy atom. The lowest BCUT2D eigenvalue weighted by atomic mass is 10.1. The van der Waals surface area contributed by atoms with E-state index in [1.807, 2.05) is 6.07 Å². The van der Waals surface area contributed by atoms with Crippen molar-refractivity contribution in [2.24, 2.45) is 7.05 Å². The number of pyridine rings is 1. The SMILES string of the molecule is CCOC(=O)c1sc(NC(=O)CSc2nnc(-c3cccnc3)n2C)c(C(=O)OCC)c1C. The summed E-state index contributed by atoms with van der Waals surface area (Å²) in [7, 11) is 1.80. The molecule has 10 nitrogen and oxygen atoms in total. The first-order chi connectivity index (χ1) is 15.9. The van der Waals surface area contributed by atoms with E-state index in [4.69, 9.17) is 9.47 Å². The summed E-state index contributed by atoms with van der Waals surface area (Å²) in [6, 6.07) is 3.67. The van der Waals surface area contributed by atoms with E-state index in [1.165, 1.54) is 11.8 Å². The van der Waals surface area contributed by atoms with E-state index < -0.39 is 11.9 Å². The molecule has 0 aromatic carbocycles. The van der Waals surface area contributed by atoms with E-state index in [9.17, 15) is 14.4 Å². The highest BCUT2D eigenvalue weighted by molar-refractivity contribution is 7.99. The molecule has 3 aromatic heterocycles. The fraction of sp³-hybridized carbons (Fsp3) is 0.333. The van der Waals surface area contributed by atoms with Gasteiger partial charge in [0, 0.05) is 25.0 Å². The van der Waals surface area contributed by atoms with Crippen LogP contribution in [0.1, 0.15) is 39.4 Å². The van der Waals surface area contributed by atoms with Crippen molar-refractivity contribution < 1.29 is 23.9 Å². The number of hydrogen-bond acceptors (Lipinski definition) is 10. The van der Waals surface area contributed by atoms with Gasteiger partial charge in [0.1, 0.15) is 9.88 Å². The molecule has 0 unspecified atom stereocenters. The van der Waals surface area contributed by atoms with Crippen LogP contribution in [0, 0.1) is 6.92 Å². The van der Waals surface area contributed by atoms with Gasteiger partial charge in [0.15, 0.2) is 11.0 Å². The van der Waals surface area contributed by atoms with E-state index in [1.54, 1.807) is 50.8 Å². The van der Waals surface area contributed by atoms with Gasteiger partial charge >= 0.3 is 11.9 Å². The molecule has 1 amide bonds. The molecule has 0 saturated heterocycles. The second-order valence-electron chi connectivity index (χ2n) is 6.65. The van der Waals surface area contributed by atoms with Crippen molar-refractivity contribution in [3.63, 3.8) is 0 Å². The van der Waals surface area contributed by atoms with Crippen LogP contribution in [0.4, 0.5) is 5.00 Å². The maximum atomic E-state index is 12.7. The Morgan fingerprint density at radius 1 is 1.15 bits per heavy atom. The number of hydrogen-bond donors (Lipinski definition) is 1. The van der Waals surface area contributed by atoms with Crippen LogP contribution < -0.4 is 5.32 Å². The number of carbonyl (C=O) groups excluding carboxylic acids is 3. The van der Waals surface area contributed by atoms with Crippen LogP contribution in [-0.2, 0) is 21.3 Å². The van der Waals surface area contributed by atoms with E-state index in [-0.39, 0.29) is 40.3 Å². The molecular formula is C21H23N5O5S2. The third-order valence-electron chi connectivity index (χ3n) is 4.43. The standard InChI is InChI=1S/C21H23N5O5S2/c1-5-30-19(28)15-12(3)16(20(29)31-6-2)33-18(15)23-14(27)11-32-21-25-24-17(26(21)4)13-8-7-9-22-10-13/h7-10H,5-6,11H2,1-4H3,(H,23,27). The molecular weight excluding hydrogens is 466 g/mol. The van der Waals surface area contributed by atoms with Crippen LogP contribution >= 0.6 is 23.1 Å². The molecule has 12 heteroatoms. The normalized spacial score (nSPS) is 10.7. The summed E-state index contributed by atoms with van der Waals surface area (Å²) in [4.78, 5) is 41.7. The highest BCUT2D eigenvalue weighted by Gasteiger charge is 2.27. The number of rotatable bonds is 9. The van der Waals surface area contributed by atoms with Gasteiger partial charge < -0.3 is 19.4 Å². The van der Waals surface area contributed by atoms with Crippen LogP contribution in [-0.4, -0.2) is 56.6 Å². The summed E-state index contributed by atoms with van der Waals surface area (Å²) >= 11 is 2.18. The molecule has 33 heavy (non-hydrogen) atoms. The van der Waals surface area contributed by atoms with Gasteiger partial charge in [0.2, 0.25) is 5.91 Å². The third kappa shape index (κ3) is 5.57. The zero-order chi connectivity index (χ0) is 24.0. The predicted octanol–water partition coefficient (Wildman–Crippen LogP) is 3.33. The molecule has 3 aromatic rings. The molecule has 1 N–H and O–H groups in total. The summed E-state index contributed by atoms with van der Waals surface area (Å²) in [5.74, 6) is -0.884. The van der Waals surface area contributed by atoms with Gasteiger partial charge in [0.05, 0.1) is 24.5 Å². The molecule has 0 aliphatic carbocycles. The van der Waals surface area contributed by atoms with E-state index >= 15 is 0 Å². The number of amides is 1. The van der Waals surface area contributed by atoms with Gasteiger partial charge in [-0.25, -0.2) is 9.59 Å². The van der Waals surface area contributed by atoms with E-state index in [2.05, 4.69) is 20.5 Å². The average Bonchev–Trinajstić information content (AvgIpc) is 3.32. The van der Waals surface area contributed by atoms with Crippen molar-refractivity contribution in [1.29, 1.82) is 0 Å². The molecule has 3 heterocycles. The Hall–Kier alpha value is -3.25. The van der Waals surface area contributed by atoms with Crippen molar-refractivity contribution >= 4 is 45.9 Å². The molecule has 0 spiro atoms. The quantitative estimate of drug-likeness (QED) is 0.356. The molecule has 174 valence electrons. The third-order valence-corrected chi connectivity index (χ3v) is 6.63. The monoisotopic (exact) mass is 489 g/mol. The summed E-state index contributed by atoms with van der Waals surface area (Å²) in [5, 5.41) is 11.8. The van der Waals surface area contributed by atoms with E-state index in [0.29, 0.717) is 16.5 Å². The number of anilines is 1. The Bertz CT molecular complexity index is 1160. The molecule has 0 bridgehead atoms. The van der Waals surface area contributed by atoms with Gasteiger partial charge in [-0.3, -0.25) is 9.78 Å². The second kappa shape index (κ2) is 11.1. The minimum Gasteiger partial charge on any atom is -0.462 e. The molecule has 0 fully saturated rings. The van der Waals surface area contributed by atoms with Crippen LogP contribution in [0.25, 0.3) is 11.4 Å². The van der Waals surface area contributed by atoms with Crippen LogP contribution in [0.15, 0.2) is 29.7 Å². The Balaban J connectivity index is 1.75. The first-order valence-corrected chi connectivity index (χ1v) is 11.9. The van der Waals surface area contributed by atoms with Gasteiger partial charge in [-0.2, -0.15) is 0 Å². The number of nitrogens with one attached hydrogen (secondary N) is 1. The van der Waals surface area contributed by atoms with Gasteiger partial charge in [0.25, 0.3) is 0 Å². The van der Waals surface area contributed by atoms with Gasteiger partial charge in [-0.15, -0.1) is 21.5 Å². The minimum absolute atomic E-state index is 0.0208. The molecule has 0 saturated carbocycles. The lowest BCUT2D eigenvalue weighted by Crippen LogP contribution is -2.16. The highest BCUT2D eigenvalue weighted by Crippen LogP contribution is 2.34. The maximum absolute atomic E-state index is 12.7. The maximum Gasteiger partial charge on any atom is 0.348 e. The molecule has 0 aliphatic heterocycles. The van der Waals surface area contributed by atoms with Crippen molar-refractivity contribution in [2.75, 3.05) is 24.3 Å². The lowest BCUT2D eigenvalue weighted by Gasteiger charge is -2.07. The molecule has 0 atom stereocenters. The first kappa shape index (κ1) is 24.4. The smallest absolute Gasteiger partial charge is 0.348 e. The number of ether oxygens (including phenoxy) is 2. The number of esters is 2. The van der Waals surface area contributed by atoms with Gasteiger partial charge in [-0.05, 0) is 38.5 Å². The predicted molar refractivity (Wildman–Crippen MR) is 125 cm³/mol. The van der Waals surface area contributed by atoms with Crippen LogP contribution in [0.2, 0.25) is 0 Å². The fourth-order valence-electron chi connectivity index (χ4n) is 2.92. The van der Waals surface area contributed by atoms with Crippen molar-refractivity contribution in [3.8, 4) is 11.4 Å². The number of carbonyl (C=O) groups is 3. The Labute approximate surface area is 198 Å². The van der Waals surface area contributed by atoms with Crippen molar-refractivity contribution in [3.05, 3.63) is 40.5 Å². The van der Waals surface area contributed by atoms with E-state index in [0.717, 1.165) is 16.9 Å². The zero-order valence-corrected chi connectivity index (χ0v) is 20.2. The van der Waals surface area contributed by atoms with Crippen LogP contribution in [0.3, 0.4) is 0 Å². The summed E-state index contributed by atoms with van der Waals surface area (Å²) in [5.41, 5.74) is 1.37. The molecule has 3 rings (SSSR count). The number of aromatic nitrogens is 4. The molecule has 0 radical (unpaired) electrons. The van der Waals surface area contributed by atoms with Crippen molar-refractivity contribution in [1.82, 2.24) is 19.7 Å². The number of nitrogens with zero attached hydrogens (tertiary/aromatic N) is 4. The lowest BCUT2D eigenvalue weighted by molar-refractivity contribution is -0.113. The van der Waals surface area contributed by atoms with Crippen LogP contribution in [0.5, 0.6) is 0 Å². The Kier molecular flexibility index (Phi) is 8.17. The number of thioether (sulfide) groups is 1. The average molecular weight is 490 g/mol. The minimum atomic E-state index is -0.612. The number of thiophene rings is 1. The summed E-state index contributed by atoms with van der Waals surface area (Å²) in [6.45, 7) is 5.36. The Morgan fingerprint density at radius 2 is 1.88 bits per heavy atom. The van der Waals surface area contributed by atoms with Gasteiger partial charge in [-0.1, -0.05) is 11.8 Å². The first-order valence-electron chi connectivity index (χ1n) is 10.1. The summed E-state index contributed by atoms with van der Waals surface area (Å²) in [6.07, 6.45) is 3.35. The molecule has 0 aliphatic rings. The second-order valence-corrected chi connectivity index (χ2v) is 8.61. The largest absolute Gasteiger partial charge is 0.462 e. The highest BCUT2D eigenvalue weighted by atomic mass is 32.2. The fourth-order valence-corrected chi connectivity index (χ4v) is 4.74. The zero-order valence-electron chi connectivity index (χ0n) is 18.6. The van der Waals surface area contributed by atoms with Crippen molar-refractivity contribution in [2.45, 2.75) is 25.9 Å². The topological polar surface area (TPSA) is 125 Å².